The van der Waals surface area contributed by atoms with Gasteiger partial charge in [-0.05, 0) is 25.1 Å². The molecule has 1 unspecified atom stereocenters. The van der Waals surface area contributed by atoms with Crippen molar-refractivity contribution in [1.82, 2.24) is 0 Å². The topological polar surface area (TPSA) is 55.5 Å². The number of hydrogen-bond donors (Lipinski definition) is 2. The van der Waals surface area contributed by atoms with Crippen LogP contribution in [0.15, 0.2) is 16.6 Å². The third kappa shape index (κ3) is 2.90. The van der Waals surface area contributed by atoms with Crippen LogP contribution in [0.5, 0.6) is 5.75 Å². The molecule has 1 rings (SSSR count). The van der Waals surface area contributed by atoms with E-state index >= 15 is 0 Å². The molecule has 0 amide bonds. The zero-order valence-electron chi connectivity index (χ0n) is 8.34. The molecule has 3 N–H and O–H groups in total. The summed E-state index contributed by atoms with van der Waals surface area (Å²) in [4.78, 5) is 0. The monoisotopic (exact) mass is 277 g/mol. The fourth-order valence-corrected chi connectivity index (χ4v) is 1.74. The van der Waals surface area contributed by atoms with Gasteiger partial charge in [-0.25, -0.2) is 4.39 Å². The van der Waals surface area contributed by atoms with Crippen LogP contribution < -0.4 is 10.5 Å². The number of rotatable bonds is 4. The van der Waals surface area contributed by atoms with Crippen molar-refractivity contribution < 1.29 is 14.2 Å². The first-order valence-electron chi connectivity index (χ1n) is 4.51. The van der Waals surface area contributed by atoms with Gasteiger partial charge in [0.25, 0.3) is 0 Å². The zero-order valence-corrected chi connectivity index (χ0v) is 9.92. The minimum Gasteiger partial charge on any atom is -0.494 e. The first-order chi connectivity index (χ1) is 7.10. The lowest BCUT2D eigenvalue weighted by atomic mass is 10.1. The molecule has 0 bridgehead atoms. The Morgan fingerprint density at radius 2 is 2.27 bits per heavy atom. The third-order valence-electron chi connectivity index (χ3n) is 2.05. The molecule has 5 heteroatoms. The summed E-state index contributed by atoms with van der Waals surface area (Å²) in [6, 6.07) is 3.03. The maximum atomic E-state index is 13.7. The van der Waals surface area contributed by atoms with Crippen LogP contribution in [-0.4, -0.2) is 18.8 Å². The minimum absolute atomic E-state index is 0.107. The number of aliphatic hydroxyl groups is 1. The van der Waals surface area contributed by atoms with Gasteiger partial charge < -0.3 is 15.6 Å². The van der Waals surface area contributed by atoms with Crippen molar-refractivity contribution in [2.75, 3.05) is 13.7 Å². The van der Waals surface area contributed by atoms with E-state index in [1.54, 1.807) is 0 Å². The summed E-state index contributed by atoms with van der Waals surface area (Å²) >= 11 is 3.22. The molecule has 84 valence electrons. The van der Waals surface area contributed by atoms with E-state index in [0.717, 1.165) is 0 Å². The van der Waals surface area contributed by atoms with E-state index < -0.39 is 11.9 Å². The van der Waals surface area contributed by atoms with E-state index in [0.29, 0.717) is 17.4 Å². The molecule has 0 radical (unpaired) electrons. The fourth-order valence-electron chi connectivity index (χ4n) is 1.29. The number of nitrogens with two attached hydrogens (primary N) is 1. The summed E-state index contributed by atoms with van der Waals surface area (Å²) in [5, 5.41) is 9.65. The molecule has 0 spiro atoms. The molecule has 0 saturated heterocycles. The first kappa shape index (κ1) is 12.4. The molecule has 1 atom stereocenters. The highest BCUT2D eigenvalue weighted by Crippen LogP contribution is 2.30. The Morgan fingerprint density at radius 1 is 1.60 bits per heavy atom. The van der Waals surface area contributed by atoms with Crippen molar-refractivity contribution in [2.24, 2.45) is 5.73 Å². The van der Waals surface area contributed by atoms with Crippen molar-refractivity contribution in [3.63, 3.8) is 0 Å². The van der Waals surface area contributed by atoms with Crippen LogP contribution in [0.4, 0.5) is 4.39 Å². The summed E-state index contributed by atoms with van der Waals surface area (Å²) in [5.41, 5.74) is 5.50. The van der Waals surface area contributed by atoms with Gasteiger partial charge in [0, 0.05) is 10.0 Å². The van der Waals surface area contributed by atoms with Crippen LogP contribution in [0.1, 0.15) is 18.1 Å². The molecular weight excluding hydrogens is 265 g/mol. The van der Waals surface area contributed by atoms with Crippen LogP contribution in [0, 0.1) is 5.82 Å². The highest BCUT2D eigenvalue weighted by molar-refractivity contribution is 9.10. The number of methoxy groups -OCH3 is 1. The Hall–Kier alpha value is -0.650. The van der Waals surface area contributed by atoms with Crippen molar-refractivity contribution in [2.45, 2.75) is 12.5 Å². The highest BCUT2D eigenvalue weighted by atomic mass is 79.9. The average molecular weight is 278 g/mol. The Kier molecular flexibility index (Phi) is 4.50. The lowest BCUT2D eigenvalue weighted by Crippen LogP contribution is -2.09. The number of ether oxygens (including phenoxy) is 1. The average Bonchev–Trinajstić information content (AvgIpc) is 2.21. The Bertz CT molecular complexity index is 346. The van der Waals surface area contributed by atoms with Gasteiger partial charge in [-0.3, -0.25) is 0 Å². The Balaban J connectivity index is 3.11. The van der Waals surface area contributed by atoms with Gasteiger partial charge in [-0.1, -0.05) is 15.9 Å². The summed E-state index contributed by atoms with van der Waals surface area (Å²) in [6.07, 6.45) is -0.585. The summed E-state index contributed by atoms with van der Waals surface area (Å²) in [7, 11) is 1.38. The van der Waals surface area contributed by atoms with Crippen LogP contribution >= 0.6 is 15.9 Å². The molecule has 0 aromatic heterocycles. The molecule has 15 heavy (non-hydrogen) atoms. The lowest BCUT2D eigenvalue weighted by molar-refractivity contribution is 0.164. The minimum atomic E-state index is -0.901. The Labute approximate surface area is 96.2 Å². The van der Waals surface area contributed by atoms with Crippen molar-refractivity contribution in [3.8, 4) is 5.75 Å². The van der Waals surface area contributed by atoms with Gasteiger partial charge in [-0.2, -0.15) is 0 Å². The van der Waals surface area contributed by atoms with Crippen LogP contribution in [0.2, 0.25) is 0 Å². The number of halogens is 2. The lowest BCUT2D eigenvalue weighted by Gasteiger charge is -2.13. The van der Waals surface area contributed by atoms with Gasteiger partial charge in [-0.15, -0.1) is 0 Å². The molecule has 3 nitrogen and oxygen atoms in total. The molecule has 0 heterocycles. The third-order valence-corrected chi connectivity index (χ3v) is 2.51. The van der Waals surface area contributed by atoms with Crippen LogP contribution in [0.3, 0.4) is 0 Å². The van der Waals surface area contributed by atoms with Gasteiger partial charge >= 0.3 is 0 Å². The van der Waals surface area contributed by atoms with Crippen molar-refractivity contribution >= 4 is 15.9 Å². The maximum absolute atomic E-state index is 13.7. The van der Waals surface area contributed by atoms with Crippen molar-refractivity contribution in [1.29, 1.82) is 0 Å². The zero-order chi connectivity index (χ0) is 11.4. The molecule has 1 aromatic carbocycles. The molecule has 0 saturated carbocycles. The summed E-state index contributed by atoms with van der Waals surface area (Å²) in [6.45, 7) is 0.301. The van der Waals surface area contributed by atoms with Gasteiger partial charge in [0.1, 0.15) is 0 Å². The van der Waals surface area contributed by atoms with E-state index in [9.17, 15) is 9.50 Å². The maximum Gasteiger partial charge on any atom is 0.170 e. The largest absolute Gasteiger partial charge is 0.494 e. The molecule has 0 aliphatic heterocycles. The second-order valence-electron chi connectivity index (χ2n) is 3.10. The quantitative estimate of drug-likeness (QED) is 0.885. The number of benzene rings is 1. The highest BCUT2D eigenvalue weighted by Gasteiger charge is 2.16. The van der Waals surface area contributed by atoms with E-state index in [4.69, 9.17) is 10.5 Å². The van der Waals surface area contributed by atoms with Gasteiger partial charge in [0.2, 0.25) is 0 Å². The van der Waals surface area contributed by atoms with Crippen molar-refractivity contribution in [3.05, 3.63) is 28.0 Å². The normalized spacial score (nSPS) is 12.6. The second-order valence-corrected chi connectivity index (χ2v) is 4.02. The number of aliphatic hydroxyl groups excluding tert-OH is 1. The van der Waals surface area contributed by atoms with E-state index in [1.165, 1.54) is 19.2 Å². The molecule has 0 fully saturated rings. The fraction of sp³-hybridized carbons (Fsp3) is 0.400. The summed E-state index contributed by atoms with van der Waals surface area (Å²) < 4.78 is 19.2. The molecule has 0 aliphatic carbocycles. The first-order valence-corrected chi connectivity index (χ1v) is 5.30. The van der Waals surface area contributed by atoms with Gasteiger partial charge in [0.15, 0.2) is 11.6 Å². The molecule has 0 aliphatic rings. The second kappa shape index (κ2) is 5.44. The predicted molar refractivity (Wildman–Crippen MR) is 59.3 cm³/mol. The predicted octanol–water partition coefficient (Wildman–Crippen LogP) is 1.98. The van der Waals surface area contributed by atoms with E-state index in [1.807, 2.05) is 0 Å². The van der Waals surface area contributed by atoms with Crippen LogP contribution in [-0.2, 0) is 0 Å². The van der Waals surface area contributed by atoms with Crippen LogP contribution in [0.25, 0.3) is 0 Å². The smallest absolute Gasteiger partial charge is 0.170 e. The van der Waals surface area contributed by atoms with E-state index in [2.05, 4.69) is 15.9 Å². The standard InChI is InChI=1S/C10H13BrFNO2/c1-15-9-5-6(11)4-7(10(9)12)8(14)2-3-13/h4-5,8,14H,2-3,13H2,1H3. The van der Waals surface area contributed by atoms with Gasteiger partial charge in [0.05, 0.1) is 13.2 Å². The van der Waals surface area contributed by atoms with E-state index in [-0.39, 0.29) is 11.3 Å². The molecular formula is C10H13BrFNO2. The number of hydrogen-bond acceptors (Lipinski definition) is 3. The summed E-state index contributed by atoms with van der Waals surface area (Å²) in [5.74, 6) is -0.433. The molecule has 1 aromatic rings. The Morgan fingerprint density at radius 3 is 2.80 bits per heavy atom. The SMILES string of the molecule is COc1cc(Br)cc(C(O)CCN)c1F.